The molecular weight excluding hydrogens is 366 g/mol. The number of nitrogens with one attached hydrogen (secondary N) is 1. The molecule has 1 N–H and O–H groups in total. The molecule has 0 aliphatic carbocycles. The smallest absolute Gasteiger partial charge is 0.224 e. The van der Waals surface area contributed by atoms with Crippen LogP contribution in [0.2, 0.25) is 5.02 Å². The second-order valence-electron chi connectivity index (χ2n) is 6.56. The first-order valence-corrected chi connectivity index (χ1v) is 9.33. The first-order chi connectivity index (χ1) is 13.2. The number of morpholine rings is 1. The predicted octanol–water partition coefficient (Wildman–Crippen LogP) is 1.92. The number of ether oxygens (including phenoxy) is 1. The summed E-state index contributed by atoms with van der Waals surface area (Å²) in [5.74, 6) is 2.26. The lowest BCUT2D eigenvalue weighted by Gasteiger charge is -2.28. The summed E-state index contributed by atoms with van der Waals surface area (Å²) in [4.78, 5) is 17.7. The van der Waals surface area contributed by atoms with E-state index in [1.807, 2.05) is 6.07 Å². The number of rotatable bonds is 4. The van der Waals surface area contributed by atoms with Crippen LogP contribution in [0.25, 0.3) is 0 Å². The fourth-order valence-corrected chi connectivity index (χ4v) is 3.65. The molecule has 1 unspecified atom stereocenters. The molecule has 0 bridgehead atoms. The second kappa shape index (κ2) is 7.94. The van der Waals surface area contributed by atoms with Crippen molar-refractivity contribution in [2.24, 2.45) is 0 Å². The number of anilines is 3. The molecule has 0 aromatic carbocycles. The average Bonchev–Trinajstić information content (AvgIpc) is 3.17. The van der Waals surface area contributed by atoms with Gasteiger partial charge in [-0.2, -0.15) is 10.2 Å². The topological polar surface area (TPSA) is 90.2 Å². The van der Waals surface area contributed by atoms with Crippen LogP contribution in [-0.2, 0) is 4.74 Å². The van der Waals surface area contributed by atoms with Crippen molar-refractivity contribution >= 4 is 29.2 Å². The van der Waals surface area contributed by atoms with Gasteiger partial charge in [-0.15, -0.1) is 0 Å². The van der Waals surface area contributed by atoms with Crippen LogP contribution in [-0.4, -0.2) is 60.4 Å². The van der Waals surface area contributed by atoms with Crippen molar-refractivity contribution in [3.8, 4) is 6.07 Å². The number of halogens is 1. The SMILES string of the molecule is N#Cc1cnc(N2CCC(Nc3nccc(N4CCOCC4)n3)C2)c(Cl)c1. The standard InChI is InChI=1S/C18H20ClN7O/c19-15-9-13(10-20)11-22-17(15)26-4-2-14(12-26)23-18-21-3-1-16(24-18)25-5-7-27-8-6-25/h1,3,9,11,14H,2,4-8,12H2,(H,21,23,24). The van der Waals surface area contributed by atoms with E-state index in [1.165, 1.54) is 0 Å². The molecule has 2 aliphatic heterocycles. The molecule has 0 radical (unpaired) electrons. The van der Waals surface area contributed by atoms with Gasteiger partial charge in [0.05, 0.1) is 23.8 Å². The molecule has 27 heavy (non-hydrogen) atoms. The number of nitriles is 1. The van der Waals surface area contributed by atoms with Crippen molar-refractivity contribution in [1.29, 1.82) is 5.26 Å². The van der Waals surface area contributed by atoms with E-state index in [0.717, 1.165) is 51.6 Å². The number of pyridine rings is 1. The largest absolute Gasteiger partial charge is 0.378 e. The third-order valence-corrected chi connectivity index (χ3v) is 5.03. The number of hydrogen-bond donors (Lipinski definition) is 1. The lowest BCUT2D eigenvalue weighted by atomic mass is 10.3. The summed E-state index contributed by atoms with van der Waals surface area (Å²) < 4.78 is 5.40. The summed E-state index contributed by atoms with van der Waals surface area (Å²) in [6, 6.07) is 5.84. The van der Waals surface area contributed by atoms with Crippen LogP contribution in [0, 0.1) is 11.3 Å². The molecule has 0 spiro atoms. The van der Waals surface area contributed by atoms with Crippen LogP contribution in [0.1, 0.15) is 12.0 Å². The van der Waals surface area contributed by atoms with Gasteiger partial charge in [0.15, 0.2) is 0 Å². The van der Waals surface area contributed by atoms with Crippen molar-refractivity contribution in [3.05, 3.63) is 35.1 Å². The summed E-state index contributed by atoms with van der Waals surface area (Å²) in [7, 11) is 0. The highest BCUT2D eigenvalue weighted by molar-refractivity contribution is 6.33. The Kier molecular flexibility index (Phi) is 5.23. The summed E-state index contributed by atoms with van der Waals surface area (Å²) in [6.07, 6.45) is 4.27. The van der Waals surface area contributed by atoms with Gasteiger partial charge >= 0.3 is 0 Å². The molecule has 140 valence electrons. The Bertz CT molecular complexity index is 850. The highest BCUT2D eigenvalue weighted by Crippen LogP contribution is 2.28. The molecular formula is C18H20ClN7O. The van der Waals surface area contributed by atoms with E-state index in [9.17, 15) is 0 Å². The van der Waals surface area contributed by atoms with Gasteiger partial charge in [0.25, 0.3) is 0 Å². The van der Waals surface area contributed by atoms with Gasteiger partial charge < -0.3 is 19.9 Å². The van der Waals surface area contributed by atoms with Crippen molar-refractivity contribution in [3.63, 3.8) is 0 Å². The third kappa shape index (κ3) is 4.04. The van der Waals surface area contributed by atoms with Gasteiger partial charge in [-0.3, -0.25) is 0 Å². The Balaban J connectivity index is 1.41. The molecule has 2 aliphatic rings. The zero-order valence-corrected chi connectivity index (χ0v) is 15.6. The van der Waals surface area contributed by atoms with Crippen molar-refractivity contribution in [2.75, 3.05) is 54.5 Å². The quantitative estimate of drug-likeness (QED) is 0.853. The average molecular weight is 386 g/mol. The molecule has 2 aromatic rings. The molecule has 8 nitrogen and oxygen atoms in total. The van der Waals surface area contributed by atoms with E-state index in [2.05, 4.69) is 36.1 Å². The van der Waals surface area contributed by atoms with Crippen LogP contribution in [0.3, 0.4) is 0 Å². The lowest BCUT2D eigenvalue weighted by molar-refractivity contribution is 0.122. The van der Waals surface area contributed by atoms with Gasteiger partial charge in [-0.25, -0.2) is 9.97 Å². The first-order valence-electron chi connectivity index (χ1n) is 8.96. The molecule has 1 atom stereocenters. The number of nitrogens with zero attached hydrogens (tertiary/aromatic N) is 6. The minimum Gasteiger partial charge on any atom is -0.378 e. The fourth-order valence-electron chi connectivity index (χ4n) is 3.36. The highest BCUT2D eigenvalue weighted by Gasteiger charge is 2.26. The van der Waals surface area contributed by atoms with Gasteiger partial charge in [0.2, 0.25) is 5.95 Å². The molecule has 2 saturated heterocycles. The second-order valence-corrected chi connectivity index (χ2v) is 6.96. The molecule has 0 amide bonds. The van der Waals surface area contributed by atoms with Gasteiger partial charge in [-0.1, -0.05) is 11.6 Å². The Morgan fingerprint density at radius 1 is 1.22 bits per heavy atom. The van der Waals surface area contributed by atoms with Crippen molar-refractivity contribution in [1.82, 2.24) is 15.0 Å². The fraction of sp³-hybridized carbons (Fsp3) is 0.444. The molecule has 9 heteroatoms. The molecule has 2 fully saturated rings. The van der Waals surface area contributed by atoms with Crippen molar-refractivity contribution in [2.45, 2.75) is 12.5 Å². The zero-order valence-electron chi connectivity index (χ0n) is 14.8. The van der Waals surface area contributed by atoms with Gasteiger partial charge in [0.1, 0.15) is 17.7 Å². The minimum atomic E-state index is 0.207. The van der Waals surface area contributed by atoms with Gasteiger partial charge in [0, 0.05) is 44.6 Å². The summed E-state index contributed by atoms with van der Waals surface area (Å²) in [5.41, 5.74) is 0.464. The number of hydrogen-bond acceptors (Lipinski definition) is 8. The van der Waals surface area contributed by atoms with Crippen LogP contribution in [0.15, 0.2) is 24.5 Å². The molecule has 4 rings (SSSR count). The Hall–Kier alpha value is -2.63. The first kappa shape index (κ1) is 17.8. The third-order valence-electron chi connectivity index (χ3n) is 4.75. The Morgan fingerprint density at radius 3 is 2.85 bits per heavy atom. The summed E-state index contributed by atoms with van der Waals surface area (Å²) in [6.45, 7) is 4.72. The van der Waals surface area contributed by atoms with Crippen LogP contribution < -0.4 is 15.1 Å². The monoisotopic (exact) mass is 385 g/mol. The Morgan fingerprint density at radius 2 is 2.07 bits per heavy atom. The van der Waals surface area contributed by atoms with Crippen molar-refractivity contribution < 1.29 is 4.74 Å². The highest BCUT2D eigenvalue weighted by atomic mass is 35.5. The summed E-state index contributed by atoms with van der Waals surface area (Å²) >= 11 is 6.29. The molecule has 2 aromatic heterocycles. The van der Waals surface area contributed by atoms with E-state index in [0.29, 0.717) is 22.4 Å². The van der Waals surface area contributed by atoms with Gasteiger partial charge in [-0.05, 0) is 18.6 Å². The van der Waals surface area contributed by atoms with E-state index in [1.54, 1.807) is 18.5 Å². The maximum absolute atomic E-state index is 8.94. The number of aromatic nitrogens is 3. The summed E-state index contributed by atoms with van der Waals surface area (Å²) in [5, 5.41) is 12.9. The van der Waals surface area contributed by atoms with E-state index >= 15 is 0 Å². The van der Waals surface area contributed by atoms with Crippen LogP contribution in [0.5, 0.6) is 0 Å². The minimum absolute atomic E-state index is 0.207. The predicted molar refractivity (Wildman–Crippen MR) is 103 cm³/mol. The van der Waals surface area contributed by atoms with E-state index in [4.69, 9.17) is 21.6 Å². The molecule has 0 saturated carbocycles. The van der Waals surface area contributed by atoms with E-state index in [-0.39, 0.29) is 6.04 Å². The normalized spacial score (nSPS) is 19.8. The Labute approximate surface area is 162 Å². The lowest BCUT2D eigenvalue weighted by Crippen LogP contribution is -2.37. The molecule has 4 heterocycles. The zero-order chi connectivity index (χ0) is 18.6. The van der Waals surface area contributed by atoms with E-state index < -0.39 is 0 Å². The maximum Gasteiger partial charge on any atom is 0.224 e. The van der Waals surface area contributed by atoms with Crippen LogP contribution >= 0.6 is 11.6 Å². The van der Waals surface area contributed by atoms with Crippen LogP contribution in [0.4, 0.5) is 17.6 Å². The maximum atomic E-state index is 8.94.